The van der Waals surface area contributed by atoms with Crippen molar-refractivity contribution in [2.45, 2.75) is 22.3 Å². The second-order valence-corrected chi connectivity index (χ2v) is 8.34. The highest BCUT2D eigenvalue weighted by atomic mass is 35.5. The van der Waals surface area contributed by atoms with Crippen LogP contribution in [0.5, 0.6) is 0 Å². The lowest BCUT2D eigenvalue weighted by Crippen LogP contribution is -3.06. The van der Waals surface area contributed by atoms with Gasteiger partial charge < -0.3 is 24.6 Å². The zero-order chi connectivity index (χ0) is 22.1. The molecule has 1 heterocycles. The topological polar surface area (TPSA) is 91.1 Å². The molecule has 1 aliphatic rings. The fourth-order valence-corrected chi connectivity index (χ4v) is 4.20. The maximum absolute atomic E-state index is 9.53. The third-order valence-corrected chi connectivity index (χ3v) is 5.92. The number of ether oxygens (including phenoxy) is 1. The number of carboxylic acids is 2. The molecule has 0 aromatic heterocycles. The van der Waals surface area contributed by atoms with Crippen LogP contribution in [0.2, 0.25) is 5.02 Å². The number of rotatable bonds is 6. The lowest BCUT2D eigenvalue weighted by atomic mass is 10.0. The normalized spacial score (nSPS) is 15.0. The molecule has 0 saturated heterocycles. The Hall–Kier alpha value is -2.32. The van der Waals surface area contributed by atoms with Crippen LogP contribution in [-0.4, -0.2) is 44.3 Å². The number of fused-ring (bicyclic) bond motifs is 2. The fraction of sp³-hybridized carbons (Fsp3) is 0.273. The molecule has 1 unspecified atom stereocenters. The van der Waals surface area contributed by atoms with Crippen molar-refractivity contribution in [3.05, 3.63) is 70.8 Å². The van der Waals surface area contributed by atoms with Crippen LogP contribution in [0.25, 0.3) is 0 Å². The summed E-state index contributed by atoms with van der Waals surface area (Å²) in [4.78, 5) is 22.8. The van der Waals surface area contributed by atoms with E-state index < -0.39 is 11.9 Å². The van der Waals surface area contributed by atoms with E-state index in [9.17, 15) is 14.7 Å². The maximum atomic E-state index is 9.53. The van der Waals surface area contributed by atoms with Crippen molar-refractivity contribution in [1.29, 1.82) is 0 Å². The quantitative estimate of drug-likeness (QED) is 0.651. The molecule has 0 bridgehead atoms. The Bertz CT molecular complexity index is 900. The molecule has 30 heavy (non-hydrogen) atoms. The second-order valence-electron chi connectivity index (χ2n) is 6.88. The van der Waals surface area contributed by atoms with Crippen LogP contribution in [0.3, 0.4) is 0 Å². The molecule has 8 heteroatoms. The second kappa shape index (κ2) is 11.8. The van der Waals surface area contributed by atoms with Crippen molar-refractivity contribution in [3.8, 4) is 0 Å². The van der Waals surface area contributed by atoms with E-state index in [0.717, 1.165) is 29.5 Å². The lowest BCUT2D eigenvalue weighted by molar-refractivity contribution is -0.858. The average Bonchev–Trinajstić information content (AvgIpc) is 2.84. The van der Waals surface area contributed by atoms with Gasteiger partial charge in [-0.1, -0.05) is 53.7 Å². The molecule has 1 aliphatic heterocycles. The van der Waals surface area contributed by atoms with Crippen molar-refractivity contribution >= 4 is 35.3 Å². The predicted molar refractivity (Wildman–Crippen MR) is 114 cm³/mol. The molecule has 160 valence electrons. The minimum Gasteiger partial charge on any atom is -0.545 e. The smallest absolute Gasteiger partial charge is 0.328 e. The SMILES string of the molecule is C[NH+](C)CCOC1Cc2ccccc2Sc2c(Cl)cccc21.O=C([O-])/C=C\C(=O)O. The number of halogens is 1. The van der Waals surface area contributed by atoms with E-state index in [1.807, 2.05) is 12.1 Å². The molecule has 0 aliphatic carbocycles. The lowest BCUT2D eigenvalue weighted by Gasteiger charge is -2.19. The number of hydrogen-bond donors (Lipinski definition) is 2. The Morgan fingerprint density at radius 2 is 1.97 bits per heavy atom. The highest BCUT2D eigenvalue weighted by Crippen LogP contribution is 2.44. The number of nitrogens with one attached hydrogen (secondary N) is 1. The number of quaternary nitrogens is 1. The molecule has 2 N–H and O–H groups in total. The largest absolute Gasteiger partial charge is 0.545 e. The molecule has 0 amide bonds. The van der Waals surface area contributed by atoms with Gasteiger partial charge in [-0.25, -0.2) is 4.79 Å². The molecule has 6 nitrogen and oxygen atoms in total. The van der Waals surface area contributed by atoms with Gasteiger partial charge in [-0.2, -0.15) is 0 Å². The van der Waals surface area contributed by atoms with Crippen LogP contribution < -0.4 is 10.0 Å². The Kier molecular flexibility index (Phi) is 9.39. The first-order chi connectivity index (χ1) is 14.3. The summed E-state index contributed by atoms with van der Waals surface area (Å²) in [6.07, 6.45) is 1.92. The van der Waals surface area contributed by atoms with Gasteiger partial charge in [-0.3, -0.25) is 0 Å². The zero-order valence-corrected chi connectivity index (χ0v) is 18.3. The van der Waals surface area contributed by atoms with Crippen LogP contribution >= 0.6 is 23.4 Å². The number of carbonyl (C=O) groups excluding carboxylic acids is 1. The molecular weight excluding hydrogens is 426 g/mol. The van der Waals surface area contributed by atoms with E-state index in [-0.39, 0.29) is 6.10 Å². The molecular formula is C22H24ClNO5S. The number of aliphatic carboxylic acids is 2. The minimum absolute atomic E-state index is 0.0733. The maximum Gasteiger partial charge on any atom is 0.328 e. The Labute approximate surface area is 185 Å². The molecule has 0 spiro atoms. The van der Waals surface area contributed by atoms with Gasteiger partial charge in [0.1, 0.15) is 6.54 Å². The Morgan fingerprint density at radius 1 is 1.23 bits per heavy atom. The van der Waals surface area contributed by atoms with Crippen molar-refractivity contribution in [1.82, 2.24) is 0 Å². The van der Waals surface area contributed by atoms with Crippen molar-refractivity contribution < 1.29 is 29.4 Å². The van der Waals surface area contributed by atoms with Gasteiger partial charge >= 0.3 is 5.97 Å². The summed E-state index contributed by atoms with van der Waals surface area (Å²) in [5.41, 5.74) is 2.55. The highest BCUT2D eigenvalue weighted by molar-refractivity contribution is 7.99. The predicted octanol–water partition coefficient (Wildman–Crippen LogP) is 1.63. The molecule has 0 fully saturated rings. The van der Waals surface area contributed by atoms with E-state index in [2.05, 4.69) is 44.4 Å². The Morgan fingerprint density at radius 3 is 2.60 bits per heavy atom. The standard InChI is InChI=1S/C18H20ClNOS.C4H4O4/c1-20(2)10-11-21-16-12-13-6-3-4-9-17(13)22-18-14(16)7-5-8-15(18)19;5-3(6)1-2-4(7)8/h3-9,16H,10-12H2,1-2H3;1-2H,(H,5,6)(H,7,8)/b;2-1-. The highest BCUT2D eigenvalue weighted by Gasteiger charge is 2.24. The van der Waals surface area contributed by atoms with Gasteiger partial charge in [0.05, 0.1) is 37.8 Å². The number of hydrogen-bond acceptors (Lipinski definition) is 5. The van der Waals surface area contributed by atoms with Crippen LogP contribution in [0, 0.1) is 0 Å². The molecule has 3 rings (SSSR count). The summed E-state index contributed by atoms with van der Waals surface area (Å²) in [7, 11) is 4.29. The van der Waals surface area contributed by atoms with Gasteiger partial charge in [0.25, 0.3) is 0 Å². The minimum atomic E-state index is -1.51. The summed E-state index contributed by atoms with van der Waals surface area (Å²) in [6, 6.07) is 14.7. The van der Waals surface area contributed by atoms with Gasteiger partial charge in [0.2, 0.25) is 0 Å². The summed E-state index contributed by atoms with van der Waals surface area (Å²) in [6.45, 7) is 1.76. The molecule has 2 aromatic carbocycles. The number of benzene rings is 2. The monoisotopic (exact) mass is 449 g/mol. The van der Waals surface area contributed by atoms with Crippen molar-refractivity contribution in [2.24, 2.45) is 0 Å². The van der Waals surface area contributed by atoms with Crippen molar-refractivity contribution in [3.63, 3.8) is 0 Å². The number of likely N-dealkylation sites (N-methyl/N-ethyl adjacent to an activating group) is 1. The van der Waals surface area contributed by atoms with E-state index >= 15 is 0 Å². The van der Waals surface area contributed by atoms with E-state index in [1.54, 1.807) is 11.8 Å². The number of carboxylic acid groups (broad SMARTS) is 2. The van der Waals surface area contributed by atoms with Crippen LogP contribution in [-0.2, 0) is 20.7 Å². The summed E-state index contributed by atoms with van der Waals surface area (Å²) < 4.78 is 6.22. The average molecular weight is 450 g/mol. The van der Waals surface area contributed by atoms with Crippen LogP contribution in [0.4, 0.5) is 0 Å². The van der Waals surface area contributed by atoms with Gasteiger partial charge in [0, 0.05) is 22.3 Å². The third kappa shape index (κ3) is 7.50. The summed E-state index contributed by atoms with van der Waals surface area (Å²) in [5, 5.41) is 18.0. The molecule has 2 aromatic rings. The van der Waals surface area contributed by atoms with Gasteiger partial charge in [0.15, 0.2) is 0 Å². The van der Waals surface area contributed by atoms with E-state index in [0.29, 0.717) is 12.2 Å². The fourth-order valence-electron chi connectivity index (χ4n) is 2.77. The third-order valence-electron chi connectivity index (χ3n) is 4.22. The zero-order valence-electron chi connectivity index (χ0n) is 16.8. The first-order valence-corrected chi connectivity index (χ1v) is 10.5. The number of carbonyl (C=O) groups is 2. The van der Waals surface area contributed by atoms with E-state index in [1.165, 1.54) is 20.9 Å². The molecule has 1 atom stereocenters. The first-order valence-electron chi connectivity index (χ1n) is 9.34. The summed E-state index contributed by atoms with van der Waals surface area (Å²) in [5.74, 6) is -2.80. The van der Waals surface area contributed by atoms with Crippen LogP contribution in [0.1, 0.15) is 17.2 Å². The summed E-state index contributed by atoms with van der Waals surface area (Å²) >= 11 is 8.21. The van der Waals surface area contributed by atoms with E-state index in [4.69, 9.17) is 21.4 Å². The Balaban J connectivity index is 0.000000343. The molecule has 0 radical (unpaired) electrons. The molecule has 0 saturated carbocycles. The van der Waals surface area contributed by atoms with Gasteiger partial charge in [-0.05, 0) is 29.3 Å². The van der Waals surface area contributed by atoms with Crippen molar-refractivity contribution in [2.75, 3.05) is 27.2 Å². The first kappa shape index (κ1) is 24.0. The van der Waals surface area contributed by atoms with Gasteiger partial charge in [-0.15, -0.1) is 0 Å². The van der Waals surface area contributed by atoms with Crippen LogP contribution in [0.15, 0.2) is 64.4 Å².